The molecule has 28 heavy (non-hydrogen) atoms. The van der Waals surface area contributed by atoms with Crippen molar-refractivity contribution in [3.05, 3.63) is 29.3 Å². The molecule has 3 aliphatic rings. The predicted molar refractivity (Wildman–Crippen MR) is 106 cm³/mol. The van der Waals surface area contributed by atoms with Gasteiger partial charge >= 0.3 is 6.03 Å². The van der Waals surface area contributed by atoms with Gasteiger partial charge in [0.25, 0.3) is 0 Å². The van der Waals surface area contributed by atoms with E-state index in [2.05, 4.69) is 17.3 Å². The molecule has 0 bridgehead atoms. The predicted octanol–water partition coefficient (Wildman–Crippen LogP) is 1.58. The molecule has 1 atom stereocenters. The first-order valence-electron chi connectivity index (χ1n) is 10.4. The molecule has 1 unspecified atom stereocenters. The van der Waals surface area contributed by atoms with Crippen LogP contribution >= 0.6 is 0 Å². The van der Waals surface area contributed by atoms with E-state index in [1.165, 1.54) is 0 Å². The Kier molecular flexibility index (Phi) is 5.44. The van der Waals surface area contributed by atoms with Gasteiger partial charge in [-0.2, -0.15) is 0 Å². The molecule has 2 fully saturated rings. The van der Waals surface area contributed by atoms with Crippen LogP contribution in [0.5, 0.6) is 5.75 Å². The molecule has 0 spiro atoms. The highest BCUT2D eigenvalue weighted by molar-refractivity contribution is 5.80. The number of carbonyl (C=O) groups excluding carboxylic acids is 2. The van der Waals surface area contributed by atoms with Crippen molar-refractivity contribution in [3.63, 3.8) is 0 Å². The lowest BCUT2D eigenvalue weighted by molar-refractivity contribution is -0.138. The summed E-state index contributed by atoms with van der Waals surface area (Å²) in [6.45, 7) is 4.73. The number of piperazine rings is 1. The van der Waals surface area contributed by atoms with Crippen LogP contribution < -0.4 is 5.32 Å². The van der Waals surface area contributed by atoms with E-state index < -0.39 is 0 Å². The third kappa shape index (κ3) is 3.81. The van der Waals surface area contributed by atoms with Gasteiger partial charge in [-0.3, -0.25) is 4.79 Å². The molecule has 2 saturated heterocycles. The van der Waals surface area contributed by atoms with Crippen molar-refractivity contribution in [2.75, 3.05) is 46.3 Å². The van der Waals surface area contributed by atoms with Gasteiger partial charge < -0.3 is 25.1 Å². The van der Waals surface area contributed by atoms with E-state index in [-0.39, 0.29) is 23.9 Å². The number of amides is 3. The van der Waals surface area contributed by atoms with E-state index in [1.807, 2.05) is 21.9 Å². The van der Waals surface area contributed by atoms with E-state index in [1.54, 1.807) is 6.07 Å². The number of phenolic OH excluding ortho intramolecular Hbond substituents is 1. The second kappa shape index (κ2) is 7.99. The first-order valence-corrected chi connectivity index (χ1v) is 10.4. The van der Waals surface area contributed by atoms with Crippen LogP contribution in [0.3, 0.4) is 0 Å². The fraction of sp³-hybridized carbons (Fsp3) is 0.619. The minimum atomic E-state index is -0.0633. The Bertz CT molecular complexity index is 737. The summed E-state index contributed by atoms with van der Waals surface area (Å²) in [6.07, 6.45) is 3.08. The van der Waals surface area contributed by atoms with Gasteiger partial charge in [-0.05, 0) is 49.9 Å². The number of phenols is 1. The van der Waals surface area contributed by atoms with Gasteiger partial charge in [-0.15, -0.1) is 0 Å². The van der Waals surface area contributed by atoms with Gasteiger partial charge in [-0.25, -0.2) is 4.79 Å². The third-order valence-electron chi connectivity index (χ3n) is 6.49. The van der Waals surface area contributed by atoms with Gasteiger partial charge in [0.2, 0.25) is 5.91 Å². The standard InChI is InChI=1S/C21H30N4O3/c1-23-11-13-24(14-12-23)20(27)15-7-9-25(10-8-15)21(28)22-18-6-5-17-16(18)3-2-4-19(17)26/h2-4,15,18,26H,5-14H2,1H3,(H,22,28). The van der Waals surface area contributed by atoms with Crippen molar-refractivity contribution in [2.45, 2.75) is 31.7 Å². The van der Waals surface area contributed by atoms with Crippen molar-refractivity contribution in [1.82, 2.24) is 20.0 Å². The number of rotatable bonds is 2. The highest BCUT2D eigenvalue weighted by atomic mass is 16.3. The van der Waals surface area contributed by atoms with Crippen LogP contribution in [0, 0.1) is 5.92 Å². The lowest BCUT2D eigenvalue weighted by atomic mass is 9.95. The Labute approximate surface area is 166 Å². The monoisotopic (exact) mass is 386 g/mol. The summed E-state index contributed by atoms with van der Waals surface area (Å²) >= 11 is 0. The molecule has 3 amide bonds. The van der Waals surface area contributed by atoms with E-state index >= 15 is 0 Å². The van der Waals surface area contributed by atoms with Crippen LogP contribution in [0.15, 0.2) is 18.2 Å². The van der Waals surface area contributed by atoms with Crippen molar-refractivity contribution in [3.8, 4) is 5.75 Å². The second-order valence-corrected chi connectivity index (χ2v) is 8.28. The molecule has 4 rings (SSSR count). The molecule has 0 saturated carbocycles. The summed E-state index contributed by atoms with van der Waals surface area (Å²) in [5.41, 5.74) is 1.97. The number of carbonyl (C=O) groups is 2. The number of likely N-dealkylation sites (tertiary alicyclic amines) is 1. The Morgan fingerprint density at radius 1 is 1.00 bits per heavy atom. The molecule has 1 aromatic carbocycles. The first-order chi connectivity index (χ1) is 13.5. The van der Waals surface area contributed by atoms with Crippen molar-refractivity contribution in [1.29, 1.82) is 0 Å². The average Bonchev–Trinajstić information content (AvgIpc) is 3.12. The molecule has 0 aromatic heterocycles. The zero-order valence-corrected chi connectivity index (χ0v) is 16.6. The lowest BCUT2D eigenvalue weighted by Gasteiger charge is -2.37. The smallest absolute Gasteiger partial charge is 0.317 e. The number of hydrogen-bond donors (Lipinski definition) is 2. The van der Waals surface area contributed by atoms with Crippen LogP contribution in [-0.2, 0) is 11.2 Å². The number of nitrogens with one attached hydrogen (secondary N) is 1. The van der Waals surface area contributed by atoms with E-state index in [0.717, 1.165) is 63.0 Å². The fourth-order valence-corrected chi connectivity index (χ4v) is 4.64. The molecule has 152 valence electrons. The highest BCUT2D eigenvalue weighted by Gasteiger charge is 2.33. The number of piperidine rings is 1. The summed E-state index contributed by atoms with van der Waals surface area (Å²) in [5.74, 6) is 0.613. The fourth-order valence-electron chi connectivity index (χ4n) is 4.64. The molecule has 2 heterocycles. The molecule has 7 nitrogen and oxygen atoms in total. The Morgan fingerprint density at radius 3 is 2.43 bits per heavy atom. The normalized spacial score (nSPS) is 23.5. The van der Waals surface area contributed by atoms with Gasteiger partial charge in [0.1, 0.15) is 5.75 Å². The Balaban J connectivity index is 1.28. The molecule has 1 aromatic rings. The number of aromatic hydroxyl groups is 1. The third-order valence-corrected chi connectivity index (χ3v) is 6.49. The zero-order chi connectivity index (χ0) is 19.7. The summed E-state index contributed by atoms with van der Waals surface area (Å²) in [4.78, 5) is 31.5. The molecule has 7 heteroatoms. The van der Waals surface area contributed by atoms with Crippen LogP contribution in [-0.4, -0.2) is 78.1 Å². The summed E-state index contributed by atoms with van der Waals surface area (Å²) in [5, 5.41) is 13.1. The molecule has 0 radical (unpaired) electrons. The zero-order valence-electron chi connectivity index (χ0n) is 16.6. The quantitative estimate of drug-likeness (QED) is 0.809. The maximum absolute atomic E-state index is 12.7. The van der Waals surface area contributed by atoms with Crippen LogP contribution in [0.1, 0.15) is 36.4 Å². The number of fused-ring (bicyclic) bond motifs is 1. The van der Waals surface area contributed by atoms with Crippen LogP contribution in [0.25, 0.3) is 0 Å². The van der Waals surface area contributed by atoms with E-state index in [4.69, 9.17) is 0 Å². The largest absolute Gasteiger partial charge is 0.508 e. The van der Waals surface area contributed by atoms with Gasteiger partial charge in [0.15, 0.2) is 0 Å². The minimum Gasteiger partial charge on any atom is -0.508 e. The van der Waals surface area contributed by atoms with Crippen molar-refractivity contribution >= 4 is 11.9 Å². The maximum atomic E-state index is 12.7. The summed E-state index contributed by atoms with van der Waals surface area (Å²) in [6, 6.07) is 5.40. The Morgan fingerprint density at radius 2 is 1.71 bits per heavy atom. The van der Waals surface area contributed by atoms with E-state index in [9.17, 15) is 14.7 Å². The lowest BCUT2D eigenvalue weighted by Crippen LogP contribution is -2.51. The molecular weight excluding hydrogens is 356 g/mol. The molecular formula is C21H30N4O3. The van der Waals surface area contributed by atoms with Crippen LogP contribution in [0.2, 0.25) is 0 Å². The van der Waals surface area contributed by atoms with Gasteiger partial charge in [0, 0.05) is 45.2 Å². The minimum absolute atomic E-state index is 0.0385. The number of nitrogens with zero attached hydrogens (tertiary/aromatic N) is 3. The number of urea groups is 1. The summed E-state index contributed by atoms with van der Waals surface area (Å²) in [7, 11) is 2.09. The van der Waals surface area contributed by atoms with Gasteiger partial charge in [0.05, 0.1) is 6.04 Å². The summed E-state index contributed by atoms with van der Waals surface area (Å²) < 4.78 is 0. The topological polar surface area (TPSA) is 76.1 Å². The van der Waals surface area contributed by atoms with Crippen molar-refractivity contribution < 1.29 is 14.7 Å². The van der Waals surface area contributed by atoms with Crippen LogP contribution in [0.4, 0.5) is 4.79 Å². The SMILES string of the molecule is CN1CCN(C(=O)C2CCN(C(=O)NC3CCc4c(O)cccc43)CC2)CC1. The van der Waals surface area contributed by atoms with E-state index in [0.29, 0.717) is 18.8 Å². The second-order valence-electron chi connectivity index (χ2n) is 8.28. The van der Waals surface area contributed by atoms with Crippen molar-refractivity contribution in [2.24, 2.45) is 5.92 Å². The average molecular weight is 386 g/mol. The number of likely N-dealkylation sites (N-methyl/N-ethyl adjacent to an activating group) is 1. The Hall–Kier alpha value is -2.28. The first kappa shape index (κ1) is 19.1. The highest BCUT2D eigenvalue weighted by Crippen LogP contribution is 2.36. The number of hydrogen-bond acceptors (Lipinski definition) is 4. The molecule has 2 N–H and O–H groups in total. The van der Waals surface area contributed by atoms with Gasteiger partial charge in [-0.1, -0.05) is 12.1 Å². The molecule has 2 aliphatic heterocycles. The number of benzene rings is 1. The maximum Gasteiger partial charge on any atom is 0.317 e. The molecule has 1 aliphatic carbocycles.